The van der Waals surface area contributed by atoms with Gasteiger partial charge in [-0.25, -0.2) is 0 Å². The quantitative estimate of drug-likeness (QED) is 0.628. The van der Waals surface area contributed by atoms with Gasteiger partial charge in [0.15, 0.2) is 0 Å². The van der Waals surface area contributed by atoms with Crippen molar-refractivity contribution in [2.75, 3.05) is 31.8 Å². The number of nitrogens with zero attached hydrogens (tertiary/aromatic N) is 1. The number of hydrogen-bond acceptors (Lipinski definition) is 3. The highest BCUT2D eigenvalue weighted by molar-refractivity contribution is 7.84. The molecule has 1 aliphatic rings. The predicted octanol–water partition coefficient (Wildman–Crippen LogP) is -0.856. The number of carbonyl (C=O) groups is 1. The normalized spacial score (nSPS) is 20.1. The van der Waals surface area contributed by atoms with E-state index in [1.165, 1.54) is 0 Å². The second kappa shape index (κ2) is 4.57. The first-order valence-electron chi connectivity index (χ1n) is 3.98. The minimum Gasteiger partial charge on any atom is -0.329 e. The maximum absolute atomic E-state index is 11.0. The van der Waals surface area contributed by atoms with Crippen molar-refractivity contribution in [2.24, 2.45) is 0 Å². The fourth-order valence-corrected chi connectivity index (χ4v) is 1.70. The van der Waals surface area contributed by atoms with Crippen LogP contribution < -0.4 is 5.32 Å². The van der Waals surface area contributed by atoms with Crippen LogP contribution in [0.5, 0.6) is 0 Å². The Morgan fingerprint density at radius 1 is 1.67 bits per heavy atom. The highest BCUT2D eigenvalue weighted by Gasteiger charge is 2.18. The summed E-state index contributed by atoms with van der Waals surface area (Å²) in [6, 6.07) is 0. The van der Waals surface area contributed by atoms with E-state index >= 15 is 0 Å². The number of hydrogen-bond donors (Lipinski definition) is 1. The van der Waals surface area contributed by atoms with Crippen LogP contribution in [0, 0.1) is 0 Å². The van der Waals surface area contributed by atoms with Gasteiger partial charge in [0.2, 0.25) is 5.91 Å². The van der Waals surface area contributed by atoms with Gasteiger partial charge in [0.1, 0.15) is 0 Å². The number of nitrogens with one attached hydrogen (secondary N) is 1. The molecule has 0 bridgehead atoms. The molecule has 0 aromatic rings. The van der Waals surface area contributed by atoms with Crippen molar-refractivity contribution in [3.05, 3.63) is 0 Å². The van der Waals surface area contributed by atoms with Gasteiger partial charge in [0.25, 0.3) is 0 Å². The number of carbonyl (C=O) groups excluding carboxylic acids is 1. The van der Waals surface area contributed by atoms with E-state index in [1.54, 1.807) is 11.2 Å². The average Bonchev–Trinajstić information content (AvgIpc) is 2.36. The van der Waals surface area contributed by atoms with Gasteiger partial charge in [0.05, 0.1) is 13.2 Å². The monoisotopic (exact) mass is 190 g/mol. The van der Waals surface area contributed by atoms with Gasteiger partial charge < -0.3 is 4.90 Å². The highest BCUT2D eigenvalue weighted by Crippen LogP contribution is 1.97. The third kappa shape index (κ3) is 2.91. The molecular weight excluding hydrogens is 176 g/mol. The van der Waals surface area contributed by atoms with Crippen LogP contribution in [-0.2, 0) is 15.6 Å². The van der Waals surface area contributed by atoms with Crippen molar-refractivity contribution in [1.82, 2.24) is 10.2 Å². The van der Waals surface area contributed by atoms with E-state index in [2.05, 4.69) is 5.32 Å². The van der Waals surface area contributed by atoms with Crippen LogP contribution in [0.3, 0.4) is 0 Å². The smallest absolute Gasteiger partial charge is 0.237 e. The molecule has 12 heavy (non-hydrogen) atoms. The van der Waals surface area contributed by atoms with Gasteiger partial charge in [-0.3, -0.25) is 14.3 Å². The molecule has 0 saturated carbocycles. The Morgan fingerprint density at radius 2 is 2.42 bits per heavy atom. The summed E-state index contributed by atoms with van der Waals surface area (Å²) in [4.78, 5) is 12.8. The van der Waals surface area contributed by atoms with Crippen LogP contribution in [0.1, 0.15) is 6.42 Å². The summed E-state index contributed by atoms with van der Waals surface area (Å²) in [5, 5.41) is 2.96. The highest BCUT2D eigenvalue weighted by atomic mass is 32.2. The third-order valence-corrected chi connectivity index (χ3v) is 2.66. The number of rotatable bonds is 4. The largest absolute Gasteiger partial charge is 0.329 e. The molecule has 1 aliphatic heterocycles. The Balaban J connectivity index is 2.14. The maximum atomic E-state index is 11.0. The second-order valence-electron chi connectivity index (χ2n) is 2.87. The molecule has 0 spiro atoms. The molecule has 1 rings (SSSR count). The van der Waals surface area contributed by atoms with Crippen molar-refractivity contribution in [1.29, 1.82) is 0 Å². The first-order valence-corrected chi connectivity index (χ1v) is 5.71. The summed E-state index contributed by atoms with van der Waals surface area (Å²) in [5.41, 5.74) is 0. The molecule has 1 saturated heterocycles. The van der Waals surface area contributed by atoms with Gasteiger partial charge in [-0.2, -0.15) is 0 Å². The third-order valence-electron chi connectivity index (χ3n) is 1.79. The Kier molecular flexibility index (Phi) is 3.68. The second-order valence-corrected chi connectivity index (χ2v) is 4.43. The van der Waals surface area contributed by atoms with Crippen molar-refractivity contribution < 1.29 is 9.00 Å². The van der Waals surface area contributed by atoms with E-state index in [1.807, 2.05) is 0 Å². The summed E-state index contributed by atoms with van der Waals surface area (Å²) >= 11 is 0. The lowest BCUT2D eigenvalue weighted by Crippen LogP contribution is -2.28. The van der Waals surface area contributed by atoms with E-state index in [-0.39, 0.29) is 5.91 Å². The van der Waals surface area contributed by atoms with Crippen LogP contribution in [-0.4, -0.2) is 46.8 Å². The lowest BCUT2D eigenvalue weighted by molar-refractivity contribution is -0.126. The molecular formula is C7H14N2O2S. The minimum absolute atomic E-state index is 0.150. The van der Waals surface area contributed by atoms with E-state index in [0.29, 0.717) is 19.0 Å². The molecule has 0 aromatic carbocycles. The Labute approximate surface area is 74.8 Å². The van der Waals surface area contributed by atoms with Crippen LogP contribution in [0.25, 0.3) is 0 Å². The summed E-state index contributed by atoms with van der Waals surface area (Å²) in [6.07, 6.45) is 2.51. The van der Waals surface area contributed by atoms with Gasteiger partial charge in [-0.05, 0) is 6.42 Å². The minimum atomic E-state index is -0.735. The van der Waals surface area contributed by atoms with Gasteiger partial charge in [0, 0.05) is 29.4 Å². The van der Waals surface area contributed by atoms with Crippen molar-refractivity contribution in [2.45, 2.75) is 6.42 Å². The topological polar surface area (TPSA) is 49.4 Å². The van der Waals surface area contributed by atoms with E-state index in [4.69, 9.17) is 0 Å². The molecule has 1 fully saturated rings. The summed E-state index contributed by atoms with van der Waals surface area (Å²) in [5.74, 6) is 0.834. The van der Waals surface area contributed by atoms with Crippen LogP contribution >= 0.6 is 0 Å². The van der Waals surface area contributed by atoms with Crippen molar-refractivity contribution >= 4 is 16.7 Å². The molecule has 1 unspecified atom stereocenters. The molecule has 1 amide bonds. The van der Waals surface area contributed by atoms with Crippen LogP contribution in [0.15, 0.2) is 0 Å². The van der Waals surface area contributed by atoms with Gasteiger partial charge in [-0.1, -0.05) is 0 Å². The Bertz CT molecular complexity index is 196. The number of amides is 1. The van der Waals surface area contributed by atoms with Crippen molar-refractivity contribution in [3.8, 4) is 0 Å². The standard InChI is InChI=1S/C7H14N2O2S/c1-12(11)4-2-3-9-6-8-5-7(9)10/h8H,2-6H2,1H3. The fraction of sp³-hybridized carbons (Fsp3) is 0.857. The predicted molar refractivity (Wildman–Crippen MR) is 48.1 cm³/mol. The maximum Gasteiger partial charge on any atom is 0.237 e. The average molecular weight is 190 g/mol. The Hall–Kier alpha value is -0.420. The van der Waals surface area contributed by atoms with E-state index in [9.17, 15) is 9.00 Å². The first kappa shape index (κ1) is 9.67. The Morgan fingerprint density at radius 3 is 2.92 bits per heavy atom. The molecule has 4 nitrogen and oxygen atoms in total. The molecule has 1 N–H and O–H groups in total. The fourth-order valence-electron chi connectivity index (χ4n) is 1.16. The molecule has 0 aliphatic carbocycles. The van der Waals surface area contributed by atoms with Gasteiger partial charge in [-0.15, -0.1) is 0 Å². The SMILES string of the molecule is CS(=O)CCCN1CNCC1=O. The zero-order valence-electron chi connectivity index (χ0n) is 7.21. The van der Waals surface area contributed by atoms with Crippen LogP contribution in [0.4, 0.5) is 0 Å². The molecule has 0 radical (unpaired) electrons. The lowest BCUT2D eigenvalue weighted by atomic mass is 10.4. The first-order chi connectivity index (χ1) is 5.70. The molecule has 1 heterocycles. The van der Waals surface area contributed by atoms with Crippen molar-refractivity contribution in [3.63, 3.8) is 0 Å². The zero-order chi connectivity index (χ0) is 8.97. The molecule has 0 aromatic heterocycles. The molecule has 5 heteroatoms. The summed E-state index contributed by atoms with van der Waals surface area (Å²) in [7, 11) is -0.735. The van der Waals surface area contributed by atoms with Gasteiger partial charge >= 0.3 is 0 Å². The molecule has 70 valence electrons. The van der Waals surface area contributed by atoms with E-state index < -0.39 is 10.8 Å². The zero-order valence-corrected chi connectivity index (χ0v) is 8.02. The lowest BCUT2D eigenvalue weighted by Gasteiger charge is -2.13. The van der Waals surface area contributed by atoms with E-state index in [0.717, 1.165) is 13.0 Å². The van der Waals surface area contributed by atoms with Crippen LogP contribution in [0.2, 0.25) is 0 Å². The summed E-state index contributed by atoms with van der Waals surface area (Å²) in [6.45, 7) is 1.83. The molecule has 1 atom stereocenters. The summed E-state index contributed by atoms with van der Waals surface area (Å²) < 4.78 is 10.7.